The molecule has 0 bridgehead atoms. The lowest BCUT2D eigenvalue weighted by molar-refractivity contribution is 0.0950. The van der Waals surface area contributed by atoms with E-state index in [4.69, 9.17) is 4.74 Å². The minimum absolute atomic E-state index is 0.340. The molecule has 0 unspecified atom stereocenters. The van der Waals surface area contributed by atoms with Crippen molar-refractivity contribution >= 4 is 23.0 Å². The molecule has 4 aromatic rings. The Morgan fingerprint density at radius 2 is 1.97 bits per heavy atom. The van der Waals surface area contributed by atoms with Crippen molar-refractivity contribution in [3.63, 3.8) is 0 Å². The number of hydrazone groups is 1. The van der Waals surface area contributed by atoms with Gasteiger partial charge in [0.15, 0.2) is 0 Å². The van der Waals surface area contributed by atoms with Gasteiger partial charge in [-0.1, -0.05) is 38.0 Å². The molecule has 32 heavy (non-hydrogen) atoms. The maximum absolute atomic E-state index is 12.5. The van der Waals surface area contributed by atoms with E-state index in [1.165, 1.54) is 12.8 Å². The first-order valence-electron chi connectivity index (χ1n) is 10.8. The predicted molar refractivity (Wildman–Crippen MR) is 127 cm³/mol. The van der Waals surface area contributed by atoms with E-state index in [1.54, 1.807) is 12.3 Å². The fourth-order valence-electron chi connectivity index (χ4n) is 3.53. The van der Waals surface area contributed by atoms with Crippen LogP contribution >= 0.6 is 0 Å². The summed E-state index contributed by atoms with van der Waals surface area (Å²) in [6, 6.07) is 17.4. The second-order valence-electron chi connectivity index (χ2n) is 7.66. The number of unbranched alkanes of at least 4 members (excludes halogenated alkanes) is 2. The first-order valence-corrected chi connectivity index (χ1v) is 10.8. The number of amides is 1. The van der Waals surface area contributed by atoms with E-state index in [1.807, 2.05) is 55.5 Å². The first-order chi connectivity index (χ1) is 15.7. The van der Waals surface area contributed by atoms with Crippen molar-refractivity contribution in [1.29, 1.82) is 0 Å². The number of H-pyrrole nitrogens is 2. The first kappa shape index (κ1) is 21.4. The zero-order chi connectivity index (χ0) is 22.3. The van der Waals surface area contributed by atoms with Gasteiger partial charge in [0.05, 0.1) is 18.5 Å². The van der Waals surface area contributed by atoms with Gasteiger partial charge in [-0.25, -0.2) is 5.43 Å². The summed E-state index contributed by atoms with van der Waals surface area (Å²) in [6.07, 6.45) is 5.05. The molecule has 2 aromatic heterocycles. The number of para-hydroxylation sites is 1. The van der Waals surface area contributed by atoms with Crippen LogP contribution in [0, 0.1) is 6.92 Å². The van der Waals surface area contributed by atoms with E-state index in [-0.39, 0.29) is 5.91 Å². The smallest absolute Gasteiger partial charge is 0.289 e. The summed E-state index contributed by atoms with van der Waals surface area (Å²) in [5, 5.41) is 12.2. The highest BCUT2D eigenvalue weighted by molar-refractivity contribution is 6.01. The number of benzene rings is 2. The minimum atomic E-state index is -0.353. The molecule has 0 atom stereocenters. The molecule has 7 nitrogen and oxygen atoms in total. The molecule has 2 aromatic carbocycles. The van der Waals surface area contributed by atoms with Crippen LogP contribution in [-0.2, 0) is 0 Å². The third kappa shape index (κ3) is 4.88. The van der Waals surface area contributed by atoms with Crippen molar-refractivity contribution in [3.05, 3.63) is 71.5 Å². The summed E-state index contributed by atoms with van der Waals surface area (Å²) >= 11 is 0. The van der Waals surface area contributed by atoms with Crippen LogP contribution in [0.3, 0.4) is 0 Å². The van der Waals surface area contributed by atoms with Gasteiger partial charge >= 0.3 is 0 Å². The SMILES string of the molecule is CCCCCOc1ccc(-c2cc(C(=O)N/N=C\c3c(C)[nH]c4ccccc34)[nH]n2)cc1. The highest BCUT2D eigenvalue weighted by Gasteiger charge is 2.11. The molecular weight excluding hydrogens is 402 g/mol. The zero-order valence-corrected chi connectivity index (χ0v) is 18.3. The fraction of sp³-hybridized carbons (Fsp3) is 0.240. The van der Waals surface area contributed by atoms with Crippen LogP contribution in [-0.4, -0.2) is 33.9 Å². The van der Waals surface area contributed by atoms with Crippen molar-refractivity contribution in [3.8, 4) is 17.0 Å². The third-order valence-corrected chi connectivity index (χ3v) is 5.29. The van der Waals surface area contributed by atoms with Gasteiger partial charge in [0.1, 0.15) is 11.4 Å². The fourth-order valence-corrected chi connectivity index (χ4v) is 3.53. The summed E-state index contributed by atoms with van der Waals surface area (Å²) in [5.41, 5.74) is 7.46. The van der Waals surface area contributed by atoms with Gasteiger partial charge in [-0.15, -0.1) is 0 Å². The van der Waals surface area contributed by atoms with Crippen LogP contribution in [0.15, 0.2) is 59.7 Å². The van der Waals surface area contributed by atoms with Crippen LogP contribution in [0.25, 0.3) is 22.2 Å². The van der Waals surface area contributed by atoms with Gasteiger partial charge in [-0.3, -0.25) is 9.89 Å². The molecule has 2 heterocycles. The molecule has 1 amide bonds. The van der Waals surface area contributed by atoms with E-state index in [9.17, 15) is 4.79 Å². The lowest BCUT2D eigenvalue weighted by Gasteiger charge is -2.06. The normalized spacial score (nSPS) is 11.3. The average Bonchev–Trinajstić information content (AvgIpc) is 3.42. The monoisotopic (exact) mass is 429 g/mol. The molecular formula is C25H27N5O2. The number of carbonyl (C=O) groups is 1. The topological polar surface area (TPSA) is 95.2 Å². The Labute approximate surface area is 186 Å². The number of nitrogens with one attached hydrogen (secondary N) is 3. The molecule has 3 N–H and O–H groups in total. The summed E-state index contributed by atoms with van der Waals surface area (Å²) in [4.78, 5) is 15.8. The second-order valence-corrected chi connectivity index (χ2v) is 7.66. The number of aryl methyl sites for hydroxylation is 1. The van der Waals surface area contributed by atoms with Gasteiger partial charge in [-0.05, 0) is 49.7 Å². The standard InChI is InChI=1S/C25H27N5O2/c1-3-4-7-14-32-19-12-10-18(11-13-19)23-15-24(29-28-23)25(31)30-26-16-21-17(2)27-22-9-6-5-8-20(21)22/h5-6,8-13,15-16,27H,3-4,7,14H2,1-2H3,(H,28,29)(H,30,31)/b26-16-. The Balaban J connectivity index is 1.37. The van der Waals surface area contributed by atoms with Crippen LogP contribution in [0.2, 0.25) is 0 Å². The van der Waals surface area contributed by atoms with Gasteiger partial charge in [0.2, 0.25) is 0 Å². The largest absolute Gasteiger partial charge is 0.494 e. The Morgan fingerprint density at radius 1 is 1.16 bits per heavy atom. The minimum Gasteiger partial charge on any atom is -0.494 e. The van der Waals surface area contributed by atoms with E-state index in [2.05, 4.69) is 32.6 Å². The van der Waals surface area contributed by atoms with E-state index >= 15 is 0 Å². The number of aromatic nitrogens is 3. The number of aromatic amines is 2. The molecule has 0 saturated carbocycles. The highest BCUT2D eigenvalue weighted by Crippen LogP contribution is 2.22. The molecule has 0 aliphatic heterocycles. The van der Waals surface area contributed by atoms with E-state index in [0.717, 1.165) is 46.5 Å². The number of nitrogens with zero attached hydrogens (tertiary/aromatic N) is 2. The van der Waals surface area contributed by atoms with Crippen LogP contribution in [0.4, 0.5) is 0 Å². The number of carbonyl (C=O) groups excluding carboxylic acids is 1. The molecule has 4 rings (SSSR count). The number of ether oxygens (including phenoxy) is 1. The van der Waals surface area contributed by atoms with Crippen LogP contribution in [0.5, 0.6) is 5.75 Å². The Kier molecular flexibility index (Phi) is 6.65. The molecule has 0 fully saturated rings. The predicted octanol–water partition coefficient (Wildman–Crippen LogP) is 5.20. The number of hydrogen-bond donors (Lipinski definition) is 3. The molecule has 164 valence electrons. The maximum Gasteiger partial charge on any atom is 0.289 e. The van der Waals surface area contributed by atoms with E-state index < -0.39 is 0 Å². The molecule has 0 aliphatic rings. The molecule has 0 aliphatic carbocycles. The van der Waals surface area contributed by atoms with Crippen molar-refractivity contribution in [1.82, 2.24) is 20.6 Å². The molecule has 0 spiro atoms. The van der Waals surface area contributed by atoms with Gasteiger partial charge in [0.25, 0.3) is 5.91 Å². The lowest BCUT2D eigenvalue weighted by Crippen LogP contribution is -2.18. The van der Waals surface area contributed by atoms with Crippen molar-refractivity contribution in [2.45, 2.75) is 33.1 Å². The van der Waals surface area contributed by atoms with Gasteiger partial charge in [-0.2, -0.15) is 10.2 Å². The Morgan fingerprint density at radius 3 is 2.78 bits per heavy atom. The number of rotatable bonds is 9. The molecule has 0 saturated heterocycles. The summed E-state index contributed by atoms with van der Waals surface area (Å²) in [5.74, 6) is 0.480. The number of hydrogen-bond acceptors (Lipinski definition) is 4. The van der Waals surface area contributed by atoms with Crippen molar-refractivity contribution < 1.29 is 9.53 Å². The lowest BCUT2D eigenvalue weighted by atomic mass is 10.1. The van der Waals surface area contributed by atoms with Crippen molar-refractivity contribution in [2.24, 2.45) is 5.10 Å². The zero-order valence-electron chi connectivity index (χ0n) is 18.3. The maximum atomic E-state index is 12.5. The molecule has 7 heteroatoms. The van der Waals surface area contributed by atoms with Crippen LogP contribution in [0.1, 0.15) is 47.9 Å². The van der Waals surface area contributed by atoms with E-state index in [0.29, 0.717) is 11.4 Å². The van der Waals surface area contributed by atoms with Crippen molar-refractivity contribution in [2.75, 3.05) is 6.61 Å². The third-order valence-electron chi connectivity index (χ3n) is 5.29. The summed E-state index contributed by atoms with van der Waals surface area (Å²) in [7, 11) is 0. The Hall–Kier alpha value is -3.87. The Bertz CT molecular complexity index is 1220. The van der Waals surface area contributed by atoms with Crippen LogP contribution < -0.4 is 10.2 Å². The second kappa shape index (κ2) is 9.96. The average molecular weight is 430 g/mol. The van der Waals surface area contributed by atoms with Gasteiger partial charge < -0.3 is 9.72 Å². The quantitative estimate of drug-likeness (QED) is 0.194. The summed E-state index contributed by atoms with van der Waals surface area (Å²) < 4.78 is 5.74. The molecule has 0 radical (unpaired) electrons. The summed E-state index contributed by atoms with van der Waals surface area (Å²) in [6.45, 7) is 4.87. The van der Waals surface area contributed by atoms with Gasteiger partial charge in [0, 0.05) is 27.7 Å². The highest BCUT2D eigenvalue weighted by atomic mass is 16.5. The number of fused-ring (bicyclic) bond motifs is 1.